The summed E-state index contributed by atoms with van der Waals surface area (Å²) in [4.78, 5) is 31.4. The summed E-state index contributed by atoms with van der Waals surface area (Å²) >= 11 is 1.39. The van der Waals surface area contributed by atoms with Gasteiger partial charge in [-0.1, -0.05) is 25.1 Å². The van der Waals surface area contributed by atoms with Gasteiger partial charge < -0.3 is 15.5 Å². The van der Waals surface area contributed by atoms with Crippen LogP contribution in [0.25, 0.3) is 0 Å². The van der Waals surface area contributed by atoms with Gasteiger partial charge in [-0.2, -0.15) is 0 Å². The molecule has 1 aromatic carbocycles. The second-order valence-electron chi connectivity index (χ2n) is 6.33. The van der Waals surface area contributed by atoms with E-state index in [1.807, 2.05) is 37.3 Å². The summed E-state index contributed by atoms with van der Waals surface area (Å²) in [6.45, 7) is 3.25. The fourth-order valence-electron chi connectivity index (χ4n) is 3.03. The fourth-order valence-corrected chi connectivity index (χ4v) is 3.74. The molecule has 0 spiro atoms. The molecule has 7 heteroatoms. The lowest BCUT2D eigenvalue weighted by Gasteiger charge is -2.34. The van der Waals surface area contributed by atoms with Crippen LogP contribution < -0.4 is 10.6 Å². The maximum Gasteiger partial charge on any atom is 0.274 e. The van der Waals surface area contributed by atoms with E-state index in [2.05, 4.69) is 15.6 Å². The van der Waals surface area contributed by atoms with E-state index in [1.54, 1.807) is 10.3 Å². The van der Waals surface area contributed by atoms with Crippen molar-refractivity contribution >= 4 is 34.0 Å². The van der Waals surface area contributed by atoms with Crippen LogP contribution in [0.4, 0.5) is 10.8 Å². The molecular weight excluding hydrogens is 348 g/mol. The third kappa shape index (κ3) is 4.40. The fraction of sp³-hybridized carbons (Fsp3) is 0.421. The second-order valence-corrected chi connectivity index (χ2v) is 7.19. The van der Waals surface area contributed by atoms with E-state index >= 15 is 0 Å². The molecule has 0 aliphatic carbocycles. The molecule has 1 aliphatic heterocycles. The normalized spacial score (nSPS) is 17.0. The molecule has 2 aromatic rings. The number of thiazole rings is 1. The van der Waals surface area contributed by atoms with E-state index < -0.39 is 6.04 Å². The van der Waals surface area contributed by atoms with Gasteiger partial charge in [0.2, 0.25) is 5.91 Å². The molecule has 1 aromatic heterocycles. The maximum absolute atomic E-state index is 12.9. The molecule has 3 rings (SSSR count). The smallest absolute Gasteiger partial charge is 0.274 e. The van der Waals surface area contributed by atoms with Crippen molar-refractivity contribution in [3.63, 3.8) is 0 Å². The van der Waals surface area contributed by atoms with Gasteiger partial charge in [-0.3, -0.25) is 9.59 Å². The first kappa shape index (κ1) is 18.4. The summed E-state index contributed by atoms with van der Waals surface area (Å²) in [7, 11) is 0. The van der Waals surface area contributed by atoms with Crippen molar-refractivity contribution in [2.24, 2.45) is 0 Å². The Morgan fingerprint density at radius 3 is 2.85 bits per heavy atom. The van der Waals surface area contributed by atoms with Crippen LogP contribution in [0.1, 0.15) is 43.1 Å². The summed E-state index contributed by atoms with van der Waals surface area (Å²) in [5.74, 6) is -0.225. The first-order chi connectivity index (χ1) is 12.7. The van der Waals surface area contributed by atoms with Crippen molar-refractivity contribution < 1.29 is 9.59 Å². The van der Waals surface area contributed by atoms with Crippen molar-refractivity contribution in [3.05, 3.63) is 41.4 Å². The lowest BCUT2D eigenvalue weighted by molar-refractivity contribution is -0.126. The summed E-state index contributed by atoms with van der Waals surface area (Å²) in [5, 5.41) is 8.54. The minimum absolute atomic E-state index is 0.0576. The Balaban J connectivity index is 1.70. The highest BCUT2D eigenvalue weighted by molar-refractivity contribution is 7.14. The number of hydrogen-bond acceptors (Lipinski definition) is 5. The van der Waals surface area contributed by atoms with Gasteiger partial charge in [-0.25, -0.2) is 4.98 Å². The number of amides is 2. The van der Waals surface area contributed by atoms with Crippen LogP contribution in [0, 0.1) is 0 Å². The largest absolute Gasteiger partial charge is 0.354 e. The highest BCUT2D eigenvalue weighted by atomic mass is 32.1. The van der Waals surface area contributed by atoms with Crippen LogP contribution >= 0.6 is 11.3 Å². The summed E-state index contributed by atoms with van der Waals surface area (Å²) in [5.41, 5.74) is 1.32. The molecule has 1 aliphatic rings. The molecule has 26 heavy (non-hydrogen) atoms. The van der Waals surface area contributed by atoms with Gasteiger partial charge in [-0.15, -0.1) is 11.3 Å². The average molecular weight is 372 g/mol. The highest BCUT2D eigenvalue weighted by Crippen LogP contribution is 2.24. The molecular formula is C19H24N4O2S. The number of likely N-dealkylation sites (tertiary alicyclic amines) is 1. The molecule has 2 N–H and O–H groups in total. The van der Waals surface area contributed by atoms with Gasteiger partial charge in [0, 0.05) is 24.2 Å². The Morgan fingerprint density at radius 2 is 2.08 bits per heavy atom. The molecule has 1 saturated heterocycles. The molecule has 2 heterocycles. The van der Waals surface area contributed by atoms with E-state index in [4.69, 9.17) is 0 Å². The number of para-hydroxylation sites is 1. The molecule has 0 radical (unpaired) electrons. The number of piperidine rings is 1. The molecule has 1 fully saturated rings. The SMILES string of the molecule is CCCNC(=O)C1CCCCN1C(=O)c1csc(Nc2ccccc2)n1. The number of nitrogens with one attached hydrogen (secondary N) is 2. The average Bonchev–Trinajstić information content (AvgIpc) is 3.14. The molecule has 0 bridgehead atoms. The number of hydrogen-bond donors (Lipinski definition) is 2. The number of nitrogens with zero attached hydrogens (tertiary/aromatic N) is 2. The van der Waals surface area contributed by atoms with Gasteiger partial charge >= 0.3 is 0 Å². The number of rotatable bonds is 6. The van der Waals surface area contributed by atoms with Gasteiger partial charge in [-0.05, 0) is 37.8 Å². The molecule has 1 unspecified atom stereocenters. The van der Waals surface area contributed by atoms with Crippen LogP contribution in [-0.2, 0) is 4.79 Å². The third-order valence-corrected chi connectivity index (χ3v) is 5.12. The van der Waals surface area contributed by atoms with Crippen LogP contribution in [0.5, 0.6) is 0 Å². The predicted octanol–water partition coefficient (Wildman–Crippen LogP) is 3.41. The Morgan fingerprint density at radius 1 is 1.27 bits per heavy atom. The zero-order valence-corrected chi connectivity index (χ0v) is 15.7. The van der Waals surface area contributed by atoms with Crippen molar-refractivity contribution in [2.75, 3.05) is 18.4 Å². The van der Waals surface area contributed by atoms with E-state index in [0.29, 0.717) is 30.3 Å². The Kier molecular flexibility index (Phi) is 6.22. The number of benzene rings is 1. The summed E-state index contributed by atoms with van der Waals surface area (Å²) in [6, 6.07) is 9.32. The highest BCUT2D eigenvalue weighted by Gasteiger charge is 2.33. The minimum Gasteiger partial charge on any atom is -0.354 e. The zero-order chi connectivity index (χ0) is 18.4. The minimum atomic E-state index is -0.393. The molecule has 1 atom stereocenters. The first-order valence-electron chi connectivity index (χ1n) is 9.05. The van der Waals surface area contributed by atoms with Crippen molar-refractivity contribution in [3.8, 4) is 0 Å². The van der Waals surface area contributed by atoms with E-state index in [0.717, 1.165) is 24.9 Å². The van der Waals surface area contributed by atoms with Crippen LogP contribution in [0.3, 0.4) is 0 Å². The Hall–Kier alpha value is -2.41. The van der Waals surface area contributed by atoms with Gasteiger partial charge in [0.1, 0.15) is 11.7 Å². The molecule has 0 saturated carbocycles. The lowest BCUT2D eigenvalue weighted by Crippen LogP contribution is -2.52. The molecule has 2 amide bonds. The Labute approximate surface area is 157 Å². The lowest BCUT2D eigenvalue weighted by atomic mass is 10.0. The van der Waals surface area contributed by atoms with Crippen LogP contribution in [0.15, 0.2) is 35.7 Å². The summed E-state index contributed by atoms with van der Waals surface area (Å²) < 4.78 is 0. The Bertz CT molecular complexity index is 747. The van der Waals surface area contributed by atoms with E-state index in [-0.39, 0.29) is 11.8 Å². The van der Waals surface area contributed by atoms with E-state index in [1.165, 1.54) is 11.3 Å². The van der Waals surface area contributed by atoms with Crippen molar-refractivity contribution in [1.82, 2.24) is 15.2 Å². The first-order valence-corrected chi connectivity index (χ1v) is 9.93. The number of carbonyl (C=O) groups excluding carboxylic acids is 2. The van der Waals surface area contributed by atoms with E-state index in [9.17, 15) is 9.59 Å². The number of anilines is 2. The number of aromatic nitrogens is 1. The molecule has 6 nitrogen and oxygen atoms in total. The van der Waals surface area contributed by atoms with Crippen LogP contribution in [0.2, 0.25) is 0 Å². The maximum atomic E-state index is 12.9. The monoisotopic (exact) mass is 372 g/mol. The zero-order valence-electron chi connectivity index (χ0n) is 14.9. The van der Waals surface area contributed by atoms with Gasteiger partial charge in [0.15, 0.2) is 5.13 Å². The molecule has 138 valence electrons. The predicted molar refractivity (Wildman–Crippen MR) is 104 cm³/mol. The summed E-state index contributed by atoms with van der Waals surface area (Å²) in [6.07, 6.45) is 3.47. The number of carbonyl (C=O) groups is 2. The van der Waals surface area contributed by atoms with Gasteiger partial charge in [0.05, 0.1) is 0 Å². The standard InChI is InChI=1S/C19H24N4O2S/c1-2-11-20-17(24)16-10-6-7-12-23(16)18(25)15-13-26-19(22-15)21-14-8-4-3-5-9-14/h3-5,8-9,13,16H,2,6-7,10-12H2,1H3,(H,20,24)(H,21,22). The van der Waals surface area contributed by atoms with Gasteiger partial charge in [0.25, 0.3) is 5.91 Å². The van der Waals surface area contributed by atoms with Crippen LogP contribution in [-0.4, -0.2) is 40.8 Å². The van der Waals surface area contributed by atoms with Crippen molar-refractivity contribution in [2.45, 2.75) is 38.6 Å². The second kappa shape index (κ2) is 8.80. The van der Waals surface area contributed by atoms with Crippen molar-refractivity contribution in [1.29, 1.82) is 0 Å². The third-order valence-electron chi connectivity index (χ3n) is 4.36. The quantitative estimate of drug-likeness (QED) is 0.815. The topological polar surface area (TPSA) is 74.3 Å².